The molecule has 0 aliphatic carbocycles. The van der Waals surface area contributed by atoms with E-state index in [2.05, 4.69) is 9.55 Å². The van der Waals surface area contributed by atoms with Crippen LogP contribution in [0.2, 0.25) is 0 Å². The molecule has 3 aromatic rings. The number of esters is 1. The van der Waals surface area contributed by atoms with Gasteiger partial charge in [0.2, 0.25) is 5.78 Å². The zero-order chi connectivity index (χ0) is 24.2. The number of aromatic nitrogens is 3. The number of aryl methyl sites for hydroxylation is 2. The van der Waals surface area contributed by atoms with Crippen LogP contribution in [-0.2, 0) is 29.0 Å². The number of Topliss-reactive ketones (excluding diaryl/α,β-unsaturated/α-hetero) is 1. The molecule has 0 amide bonds. The van der Waals surface area contributed by atoms with Gasteiger partial charge in [-0.25, -0.2) is 9.78 Å². The predicted molar refractivity (Wildman–Crippen MR) is 129 cm³/mol. The fourth-order valence-corrected chi connectivity index (χ4v) is 4.63. The van der Waals surface area contributed by atoms with Crippen molar-refractivity contribution in [3.05, 3.63) is 63.0 Å². The highest BCUT2D eigenvalue weighted by Gasteiger charge is 2.19. The van der Waals surface area contributed by atoms with Crippen LogP contribution in [0.25, 0.3) is 10.9 Å². The molecule has 1 aliphatic heterocycles. The van der Waals surface area contributed by atoms with Crippen LogP contribution in [0.1, 0.15) is 63.6 Å². The number of benzene rings is 1. The van der Waals surface area contributed by atoms with Gasteiger partial charge in [-0.05, 0) is 57.4 Å². The van der Waals surface area contributed by atoms with E-state index in [1.165, 1.54) is 0 Å². The van der Waals surface area contributed by atoms with Crippen molar-refractivity contribution in [2.24, 2.45) is 0 Å². The summed E-state index contributed by atoms with van der Waals surface area (Å²) in [6.07, 6.45) is 4.62. The highest BCUT2D eigenvalue weighted by molar-refractivity contribution is 6.01. The molecule has 0 unspecified atom stereocenters. The lowest BCUT2D eigenvalue weighted by Gasteiger charge is -2.11. The number of hydrogen-bond donors (Lipinski definition) is 0. The van der Waals surface area contributed by atoms with Gasteiger partial charge in [0.25, 0.3) is 5.56 Å². The summed E-state index contributed by atoms with van der Waals surface area (Å²) in [5, 5.41) is 0.485. The standard InChI is InChI=1S/C26H31N3O5/c1-17-14-21(18(2)28(17)12-7-13-33-3)23(30)16-34-26(32)19-9-10-20-22(15-19)27-24-8-5-4-6-11-29(24)25(20)31/h9-10,14-15H,4-8,11-13,16H2,1-3H3. The Kier molecular flexibility index (Phi) is 7.26. The molecule has 2 aromatic heterocycles. The number of fused-ring (bicyclic) bond motifs is 2. The maximum Gasteiger partial charge on any atom is 0.338 e. The van der Waals surface area contributed by atoms with Crippen LogP contribution in [0.15, 0.2) is 29.1 Å². The fourth-order valence-electron chi connectivity index (χ4n) is 4.63. The molecule has 0 atom stereocenters. The quantitative estimate of drug-likeness (QED) is 0.287. The van der Waals surface area contributed by atoms with E-state index in [-0.39, 0.29) is 23.5 Å². The molecule has 0 saturated carbocycles. The average Bonchev–Trinajstić information content (AvgIpc) is 2.98. The Morgan fingerprint density at radius 3 is 2.74 bits per heavy atom. The van der Waals surface area contributed by atoms with E-state index in [4.69, 9.17) is 9.47 Å². The SMILES string of the molecule is COCCCn1c(C)cc(C(=O)COC(=O)c2ccc3c(=O)n4c(nc3c2)CCCCC4)c1C. The third-order valence-electron chi connectivity index (χ3n) is 6.49. The number of rotatable bonds is 8. The molecule has 1 aliphatic rings. The van der Waals surface area contributed by atoms with Gasteiger partial charge in [-0.2, -0.15) is 0 Å². The molecule has 0 spiro atoms. The topological polar surface area (TPSA) is 92.4 Å². The summed E-state index contributed by atoms with van der Waals surface area (Å²) >= 11 is 0. The van der Waals surface area contributed by atoms with Crippen molar-refractivity contribution in [1.82, 2.24) is 14.1 Å². The van der Waals surface area contributed by atoms with Gasteiger partial charge in [0.15, 0.2) is 6.61 Å². The molecule has 0 saturated heterocycles. The predicted octanol–water partition coefficient (Wildman–Crippen LogP) is 3.62. The van der Waals surface area contributed by atoms with Gasteiger partial charge in [0.05, 0.1) is 16.5 Å². The third-order valence-corrected chi connectivity index (χ3v) is 6.49. The number of ether oxygens (including phenoxy) is 2. The maximum absolute atomic E-state index is 12.9. The largest absolute Gasteiger partial charge is 0.454 e. The van der Waals surface area contributed by atoms with Crippen molar-refractivity contribution < 1.29 is 19.1 Å². The Morgan fingerprint density at radius 1 is 1.12 bits per heavy atom. The molecule has 0 bridgehead atoms. The van der Waals surface area contributed by atoms with Crippen LogP contribution in [0.3, 0.4) is 0 Å². The maximum atomic E-state index is 12.9. The number of nitrogens with zero attached hydrogens (tertiary/aromatic N) is 3. The van der Waals surface area contributed by atoms with E-state index in [9.17, 15) is 14.4 Å². The Labute approximate surface area is 198 Å². The minimum absolute atomic E-state index is 0.0714. The van der Waals surface area contributed by atoms with Crippen molar-refractivity contribution >= 4 is 22.7 Å². The molecule has 8 heteroatoms. The lowest BCUT2D eigenvalue weighted by atomic mass is 10.1. The Morgan fingerprint density at radius 2 is 1.94 bits per heavy atom. The van der Waals surface area contributed by atoms with E-state index in [1.807, 2.05) is 19.9 Å². The highest BCUT2D eigenvalue weighted by Crippen LogP contribution is 2.19. The molecule has 0 radical (unpaired) electrons. The minimum atomic E-state index is -0.610. The van der Waals surface area contributed by atoms with Gasteiger partial charge in [-0.1, -0.05) is 6.42 Å². The first-order chi connectivity index (χ1) is 16.4. The summed E-state index contributed by atoms with van der Waals surface area (Å²) in [5.74, 6) is -0.0977. The molecule has 1 aromatic carbocycles. The summed E-state index contributed by atoms with van der Waals surface area (Å²) in [7, 11) is 1.66. The smallest absolute Gasteiger partial charge is 0.338 e. The van der Waals surface area contributed by atoms with Gasteiger partial charge in [0, 0.05) is 50.2 Å². The summed E-state index contributed by atoms with van der Waals surface area (Å²) in [6.45, 7) is 5.58. The van der Waals surface area contributed by atoms with Crippen molar-refractivity contribution in [1.29, 1.82) is 0 Å². The molecule has 4 rings (SSSR count). The van der Waals surface area contributed by atoms with Crippen molar-refractivity contribution in [3.8, 4) is 0 Å². The van der Waals surface area contributed by atoms with E-state index < -0.39 is 5.97 Å². The molecule has 0 N–H and O–H groups in total. The second kappa shape index (κ2) is 10.3. The third kappa shape index (κ3) is 4.82. The second-order valence-electron chi connectivity index (χ2n) is 8.81. The number of carbonyl (C=O) groups is 2. The number of ketones is 1. The first-order valence-electron chi connectivity index (χ1n) is 11.8. The van der Waals surface area contributed by atoms with Gasteiger partial charge in [-0.3, -0.25) is 14.2 Å². The van der Waals surface area contributed by atoms with Gasteiger partial charge >= 0.3 is 5.97 Å². The molecular formula is C26H31N3O5. The van der Waals surface area contributed by atoms with Crippen molar-refractivity contribution in [2.45, 2.75) is 59.0 Å². The second-order valence-corrected chi connectivity index (χ2v) is 8.81. The molecule has 0 fully saturated rings. The highest BCUT2D eigenvalue weighted by atomic mass is 16.5. The molecule has 180 valence electrons. The van der Waals surface area contributed by atoms with Crippen LogP contribution in [-0.4, -0.2) is 46.2 Å². The minimum Gasteiger partial charge on any atom is -0.454 e. The lowest BCUT2D eigenvalue weighted by molar-refractivity contribution is 0.0474. The van der Waals surface area contributed by atoms with Crippen LogP contribution in [0, 0.1) is 13.8 Å². The molecular weight excluding hydrogens is 434 g/mol. The number of methoxy groups -OCH3 is 1. The van der Waals surface area contributed by atoms with E-state index in [1.54, 1.807) is 29.9 Å². The first-order valence-corrected chi connectivity index (χ1v) is 11.8. The molecule has 3 heterocycles. The molecule has 34 heavy (non-hydrogen) atoms. The van der Waals surface area contributed by atoms with Gasteiger partial charge in [-0.15, -0.1) is 0 Å². The fraction of sp³-hybridized carbons (Fsp3) is 0.462. The summed E-state index contributed by atoms with van der Waals surface area (Å²) < 4.78 is 14.3. The monoisotopic (exact) mass is 465 g/mol. The van der Waals surface area contributed by atoms with Crippen molar-refractivity contribution in [3.63, 3.8) is 0 Å². The summed E-state index contributed by atoms with van der Waals surface area (Å²) in [4.78, 5) is 43.0. The zero-order valence-electron chi connectivity index (χ0n) is 20.1. The Hall–Kier alpha value is -3.26. The normalized spacial score (nSPS) is 13.5. The lowest BCUT2D eigenvalue weighted by Crippen LogP contribution is -2.24. The first kappa shape index (κ1) is 23.9. The van der Waals surface area contributed by atoms with Gasteiger partial charge in [0.1, 0.15) is 5.82 Å². The summed E-state index contributed by atoms with van der Waals surface area (Å²) in [5.41, 5.74) is 3.07. The van der Waals surface area contributed by atoms with E-state index >= 15 is 0 Å². The van der Waals surface area contributed by atoms with Crippen LogP contribution >= 0.6 is 0 Å². The Bertz CT molecular complexity index is 1290. The average molecular weight is 466 g/mol. The Balaban J connectivity index is 1.48. The van der Waals surface area contributed by atoms with E-state index in [0.717, 1.165) is 55.9 Å². The zero-order valence-corrected chi connectivity index (χ0v) is 20.1. The molecule has 8 nitrogen and oxygen atoms in total. The number of hydrogen-bond acceptors (Lipinski definition) is 6. The van der Waals surface area contributed by atoms with E-state index in [0.29, 0.717) is 29.6 Å². The van der Waals surface area contributed by atoms with Crippen LogP contribution in [0.5, 0.6) is 0 Å². The number of carbonyl (C=O) groups excluding carboxylic acids is 2. The van der Waals surface area contributed by atoms with Gasteiger partial charge < -0.3 is 14.0 Å². The van der Waals surface area contributed by atoms with Crippen LogP contribution in [0.4, 0.5) is 0 Å². The van der Waals surface area contributed by atoms with Crippen LogP contribution < -0.4 is 5.56 Å². The van der Waals surface area contributed by atoms with Crippen molar-refractivity contribution in [2.75, 3.05) is 20.3 Å². The summed E-state index contributed by atoms with van der Waals surface area (Å²) in [6, 6.07) is 6.59.